The van der Waals surface area contributed by atoms with Crippen molar-refractivity contribution in [3.63, 3.8) is 0 Å². The maximum atomic E-state index is 12.1. The molecule has 9 heteroatoms. The molecule has 0 saturated carbocycles. The number of anilines is 1. The van der Waals surface area contributed by atoms with Gasteiger partial charge in [-0.25, -0.2) is 8.42 Å². The third-order valence-electron chi connectivity index (χ3n) is 2.87. The molecule has 0 saturated heterocycles. The normalized spacial score (nSPS) is 20.3. The molecule has 0 aliphatic carbocycles. The van der Waals surface area contributed by atoms with Crippen LogP contribution in [-0.2, 0) is 9.84 Å². The number of nitrogens with one attached hydrogen (secondary N) is 1. The second kappa shape index (κ2) is 4.53. The van der Waals surface area contributed by atoms with Gasteiger partial charge in [0.25, 0.3) is 5.91 Å². The summed E-state index contributed by atoms with van der Waals surface area (Å²) in [6.07, 6.45) is 2.95. The number of nitrogens with zero attached hydrogens (tertiary/aromatic N) is 2. The summed E-state index contributed by atoms with van der Waals surface area (Å²) in [5.41, 5.74) is 6.25. The number of thiophene rings is 1. The quantitative estimate of drug-likeness (QED) is 0.825. The Morgan fingerprint density at radius 3 is 2.95 bits per heavy atom. The molecule has 3 rings (SSSR count). The Morgan fingerprint density at radius 1 is 1.50 bits per heavy atom. The molecular weight excluding hydrogens is 300 g/mol. The zero-order chi connectivity index (χ0) is 14.3. The first-order valence-electron chi connectivity index (χ1n) is 5.68. The minimum atomic E-state index is -3.20. The standard InChI is InChI=1S/C11H10N4O3S2/c12-8-7-1-3-13-15-11(7)19-9(8)10(16)14-6-2-4-20(17,18)5-6/h1-4,6H,5,12H2,(H,14,16). The van der Waals surface area contributed by atoms with E-state index in [9.17, 15) is 13.2 Å². The predicted octanol–water partition coefficient (Wildman–Crippen LogP) is 0.314. The largest absolute Gasteiger partial charge is 0.397 e. The van der Waals surface area contributed by atoms with E-state index >= 15 is 0 Å². The van der Waals surface area contributed by atoms with Gasteiger partial charge < -0.3 is 11.1 Å². The van der Waals surface area contributed by atoms with Crippen molar-refractivity contribution in [3.8, 4) is 0 Å². The number of carbonyl (C=O) groups is 1. The summed E-state index contributed by atoms with van der Waals surface area (Å²) in [5.74, 6) is -0.527. The molecule has 7 nitrogen and oxygen atoms in total. The number of sulfone groups is 1. The summed E-state index contributed by atoms with van der Waals surface area (Å²) in [6.45, 7) is 0. The van der Waals surface area contributed by atoms with Gasteiger partial charge in [0.15, 0.2) is 9.84 Å². The number of carbonyl (C=O) groups excluding carboxylic acids is 1. The highest BCUT2D eigenvalue weighted by Crippen LogP contribution is 2.31. The van der Waals surface area contributed by atoms with E-state index in [4.69, 9.17) is 5.73 Å². The molecule has 3 N–H and O–H groups in total. The van der Waals surface area contributed by atoms with Crippen LogP contribution in [0, 0.1) is 0 Å². The first kappa shape index (κ1) is 13.0. The van der Waals surface area contributed by atoms with Gasteiger partial charge in [0.05, 0.1) is 23.7 Å². The summed E-state index contributed by atoms with van der Waals surface area (Å²) >= 11 is 1.13. The van der Waals surface area contributed by atoms with Crippen LogP contribution < -0.4 is 11.1 Å². The fourth-order valence-electron chi connectivity index (χ4n) is 1.94. The van der Waals surface area contributed by atoms with E-state index in [1.807, 2.05) is 0 Å². The van der Waals surface area contributed by atoms with Crippen LogP contribution >= 0.6 is 11.3 Å². The Labute approximate surface area is 118 Å². The predicted molar refractivity (Wildman–Crippen MR) is 76.0 cm³/mol. The first-order valence-corrected chi connectivity index (χ1v) is 8.21. The van der Waals surface area contributed by atoms with Gasteiger partial charge in [-0.05, 0) is 12.1 Å². The number of nitrogens with two attached hydrogens (primary N) is 1. The molecule has 0 fully saturated rings. The molecule has 2 aromatic rings. The van der Waals surface area contributed by atoms with Crippen LogP contribution in [0.2, 0.25) is 0 Å². The number of fused-ring (bicyclic) bond motifs is 1. The number of aromatic nitrogens is 2. The lowest BCUT2D eigenvalue weighted by atomic mass is 10.2. The van der Waals surface area contributed by atoms with Crippen LogP contribution in [0.15, 0.2) is 23.7 Å². The zero-order valence-corrected chi connectivity index (χ0v) is 11.7. The third kappa shape index (κ3) is 2.25. The average molecular weight is 310 g/mol. The second-order valence-electron chi connectivity index (χ2n) is 4.33. The molecule has 1 atom stereocenters. The van der Waals surface area contributed by atoms with Crippen LogP contribution in [0.4, 0.5) is 5.69 Å². The summed E-state index contributed by atoms with van der Waals surface area (Å²) in [7, 11) is -3.20. The minimum absolute atomic E-state index is 0.122. The van der Waals surface area contributed by atoms with E-state index in [2.05, 4.69) is 15.5 Å². The lowest BCUT2D eigenvalue weighted by molar-refractivity contribution is 0.0952. The second-order valence-corrected chi connectivity index (χ2v) is 7.26. The average Bonchev–Trinajstić information content (AvgIpc) is 2.91. The van der Waals surface area contributed by atoms with Gasteiger partial charge in [-0.15, -0.1) is 16.4 Å². The first-order chi connectivity index (χ1) is 9.46. The molecule has 0 spiro atoms. The number of hydrogen-bond donors (Lipinski definition) is 2. The van der Waals surface area contributed by atoms with Gasteiger partial charge in [0.2, 0.25) is 0 Å². The van der Waals surface area contributed by atoms with Gasteiger partial charge in [-0.3, -0.25) is 4.79 Å². The highest BCUT2D eigenvalue weighted by atomic mass is 32.2. The van der Waals surface area contributed by atoms with Crippen molar-refractivity contribution < 1.29 is 13.2 Å². The molecule has 104 valence electrons. The van der Waals surface area contributed by atoms with Gasteiger partial charge in [0.1, 0.15) is 9.71 Å². The van der Waals surface area contributed by atoms with Gasteiger partial charge in [-0.1, -0.05) is 0 Å². The molecule has 0 aromatic carbocycles. The fraction of sp³-hybridized carbons (Fsp3) is 0.182. The SMILES string of the molecule is Nc1c(C(=O)NC2C=CS(=O)(=O)C2)sc2nnccc12. The van der Waals surface area contributed by atoms with Crippen LogP contribution in [0.3, 0.4) is 0 Å². The summed E-state index contributed by atoms with van der Waals surface area (Å²) in [6, 6.07) is 1.16. The molecule has 1 unspecified atom stereocenters. The van der Waals surface area contributed by atoms with Crippen molar-refractivity contribution >= 4 is 43.0 Å². The minimum Gasteiger partial charge on any atom is -0.397 e. The molecule has 2 aromatic heterocycles. The molecule has 0 radical (unpaired) electrons. The van der Waals surface area contributed by atoms with Crippen molar-refractivity contribution in [2.75, 3.05) is 11.5 Å². The molecule has 20 heavy (non-hydrogen) atoms. The highest BCUT2D eigenvalue weighted by molar-refractivity contribution is 7.94. The molecular formula is C11H10N4O3S2. The maximum absolute atomic E-state index is 12.1. The van der Waals surface area contributed by atoms with E-state index in [1.54, 1.807) is 6.07 Å². The van der Waals surface area contributed by atoms with Crippen LogP contribution in [-0.4, -0.2) is 36.3 Å². The van der Waals surface area contributed by atoms with E-state index in [0.29, 0.717) is 20.8 Å². The fourth-order valence-corrected chi connectivity index (χ4v) is 4.12. The molecule has 3 heterocycles. The third-order valence-corrected chi connectivity index (χ3v) is 5.37. The molecule has 1 aliphatic rings. The van der Waals surface area contributed by atoms with E-state index in [-0.39, 0.29) is 5.75 Å². The van der Waals surface area contributed by atoms with Crippen LogP contribution in [0.25, 0.3) is 10.2 Å². The van der Waals surface area contributed by atoms with E-state index in [1.165, 1.54) is 12.3 Å². The molecule has 1 aliphatic heterocycles. The molecule has 0 bridgehead atoms. The Morgan fingerprint density at radius 2 is 2.30 bits per heavy atom. The van der Waals surface area contributed by atoms with Crippen molar-refractivity contribution in [3.05, 3.63) is 28.6 Å². The van der Waals surface area contributed by atoms with Crippen molar-refractivity contribution in [1.82, 2.24) is 15.5 Å². The Balaban J connectivity index is 1.87. The lowest BCUT2D eigenvalue weighted by Gasteiger charge is -2.08. The number of amides is 1. The van der Waals surface area contributed by atoms with Crippen molar-refractivity contribution in [1.29, 1.82) is 0 Å². The van der Waals surface area contributed by atoms with Gasteiger partial charge in [0, 0.05) is 10.8 Å². The topological polar surface area (TPSA) is 115 Å². The number of nitrogen functional groups attached to an aromatic ring is 1. The zero-order valence-electron chi connectivity index (χ0n) is 10.1. The lowest BCUT2D eigenvalue weighted by Crippen LogP contribution is -2.35. The van der Waals surface area contributed by atoms with Crippen LogP contribution in [0.5, 0.6) is 0 Å². The maximum Gasteiger partial charge on any atom is 0.264 e. The Bertz CT molecular complexity index is 825. The van der Waals surface area contributed by atoms with Gasteiger partial charge in [-0.2, -0.15) is 5.10 Å². The van der Waals surface area contributed by atoms with E-state index < -0.39 is 21.8 Å². The molecule has 1 amide bonds. The highest BCUT2D eigenvalue weighted by Gasteiger charge is 2.25. The van der Waals surface area contributed by atoms with E-state index in [0.717, 1.165) is 16.7 Å². The number of hydrogen-bond acceptors (Lipinski definition) is 7. The summed E-state index contributed by atoms with van der Waals surface area (Å²) in [4.78, 5) is 13.0. The Hall–Kier alpha value is -2.00. The van der Waals surface area contributed by atoms with Crippen molar-refractivity contribution in [2.24, 2.45) is 0 Å². The summed E-state index contributed by atoms with van der Waals surface area (Å²) < 4.78 is 22.6. The van der Waals surface area contributed by atoms with Crippen LogP contribution in [0.1, 0.15) is 9.67 Å². The number of rotatable bonds is 2. The Kier molecular flexibility index (Phi) is 2.94. The monoisotopic (exact) mass is 310 g/mol. The smallest absolute Gasteiger partial charge is 0.264 e. The van der Waals surface area contributed by atoms with Crippen molar-refractivity contribution in [2.45, 2.75) is 6.04 Å². The summed E-state index contributed by atoms with van der Waals surface area (Å²) in [5, 5.41) is 12.0. The van der Waals surface area contributed by atoms with Gasteiger partial charge >= 0.3 is 0 Å².